The van der Waals surface area contributed by atoms with E-state index in [2.05, 4.69) is 11.6 Å². The van der Waals surface area contributed by atoms with Gasteiger partial charge in [-0.25, -0.2) is 13.1 Å². The molecule has 1 saturated carbocycles. The smallest absolute Gasteiger partial charge is 0.240 e. The van der Waals surface area contributed by atoms with Gasteiger partial charge in [0.2, 0.25) is 10.0 Å². The Hall–Kier alpha value is -0.910. The highest BCUT2D eigenvalue weighted by Gasteiger charge is 2.41. The van der Waals surface area contributed by atoms with Gasteiger partial charge < -0.3 is 5.73 Å². The van der Waals surface area contributed by atoms with E-state index in [-0.39, 0.29) is 5.41 Å². The SMILES string of the molecule is CCC1(CNS(=O)(=O)c2ccc(CN)c(C)c2)CC1. The molecule has 1 fully saturated rings. The summed E-state index contributed by atoms with van der Waals surface area (Å²) in [4.78, 5) is 0.328. The molecular formula is C14H22N2O2S. The molecule has 0 bridgehead atoms. The zero-order valence-corrected chi connectivity index (χ0v) is 12.4. The Balaban J connectivity index is 2.13. The van der Waals surface area contributed by atoms with Crippen LogP contribution in [-0.2, 0) is 16.6 Å². The fraction of sp³-hybridized carbons (Fsp3) is 0.571. The first-order valence-electron chi connectivity index (χ1n) is 6.72. The van der Waals surface area contributed by atoms with E-state index >= 15 is 0 Å². The molecule has 0 atom stereocenters. The summed E-state index contributed by atoms with van der Waals surface area (Å²) in [5.41, 5.74) is 7.69. The Morgan fingerprint density at radius 1 is 1.37 bits per heavy atom. The minimum Gasteiger partial charge on any atom is -0.326 e. The summed E-state index contributed by atoms with van der Waals surface area (Å²) in [5.74, 6) is 0. The van der Waals surface area contributed by atoms with Crippen LogP contribution in [0.15, 0.2) is 23.1 Å². The Morgan fingerprint density at radius 2 is 2.05 bits per heavy atom. The van der Waals surface area contributed by atoms with Crippen LogP contribution in [0.3, 0.4) is 0 Å². The number of nitrogens with one attached hydrogen (secondary N) is 1. The Labute approximate surface area is 115 Å². The first-order chi connectivity index (χ1) is 8.92. The number of rotatable bonds is 6. The molecule has 5 heteroatoms. The van der Waals surface area contributed by atoms with Crippen LogP contribution in [-0.4, -0.2) is 15.0 Å². The molecule has 106 valence electrons. The van der Waals surface area contributed by atoms with Gasteiger partial charge in [-0.3, -0.25) is 0 Å². The second kappa shape index (κ2) is 5.23. The van der Waals surface area contributed by atoms with Crippen LogP contribution in [0.4, 0.5) is 0 Å². The third-order valence-electron chi connectivity index (χ3n) is 4.19. The van der Waals surface area contributed by atoms with Crippen LogP contribution < -0.4 is 10.5 Å². The topological polar surface area (TPSA) is 72.2 Å². The van der Waals surface area contributed by atoms with Gasteiger partial charge in [0, 0.05) is 13.1 Å². The first kappa shape index (κ1) is 14.5. The molecule has 3 N–H and O–H groups in total. The average molecular weight is 282 g/mol. The van der Waals surface area contributed by atoms with Gasteiger partial charge in [-0.15, -0.1) is 0 Å². The molecule has 0 aromatic heterocycles. The van der Waals surface area contributed by atoms with E-state index in [1.54, 1.807) is 18.2 Å². The molecule has 0 unspecified atom stereocenters. The van der Waals surface area contributed by atoms with Crippen molar-refractivity contribution >= 4 is 10.0 Å². The van der Waals surface area contributed by atoms with Crippen molar-refractivity contribution in [3.63, 3.8) is 0 Å². The molecule has 0 spiro atoms. The van der Waals surface area contributed by atoms with E-state index in [0.29, 0.717) is 18.0 Å². The lowest BCUT2D eigenvalue weighted by Gasteiger charge is -2.14. The van der Waals surface area contributed by atoms with E-state index in [1.807, 2.05) is 6.92 Å². The molecule has 19 heavy (non-hydrogen) atoms. The third kappa shape index (κ3) is 3.16. The standard InChI is InChI=1S/C14H22N2O2S/c1-3-14(6-7-14)10-16-19(17,18)13-5-4-12(9-15)11(2)8-13/h4-5,8,16H,3,6-7,9-10,15H2,1-2H3. The van der Waals surface area contributed by atoms with Crippen molar-refractivity contribution in [2.45, 2.75) is 44.6 Å². The maximum atomic E-state index is 12.2. The lowest BCUT2D eigenvalue weighted by Crippen LogP contribution is -2.30. The molecule has 1 aromatic carbocycles. The summed E-state index contributed by atoms with van der Waals surface area (Å²) in [5, 5.41) is 0. The molecule has 0 saturated heterocycles. The third-order valence-corrected chi connectivity index (χ3v) is 5.59. The van der Waals surface area contributed by atoms with Gasteiger partial charge in [0.25, 0.3) is 0 Å². The average Bonchev–Trinajstić information content (AvgIpc) is 3.17. The van der Waals surface area contributed by atoms with E-state index in [0.717, 1.165) is 30.4 Å². The van der Waals surface area contributed by atoms with E-state index in [9.17, 15) is 8.42 Å². The van der Waals surface area contributed by atoms with Crippen LogP contribution >= 0.6 is 0 Å². The van der Waals surface area contributed by atoms with E-state index in [4.69, 9.17) is 5.73 Å². The van der Waals surface area contributed by atoms with Crippen molar-refractivity contribution in [1.82, 2.24) is 4.72 Å². The van der Waals surface area contributed by atoms with E-state index in [1.165, 1.54) is 0 Å². The summed E-state index contributed by atoms with van der Waals surface area (Å²) in [7, 11) is -3.40. The Bertz CT molecular complexity index is 563. The summed E-state index contributed by atoms with van der Waals surface area (Å²) in [6.45, 7) is 4.97. The van der Waals surface area contributed by atoms with Crippen molar-refractivity contribution in [3.8, 4) is 0 Å². The maximum absolute atomic E-state index is 12.2. The summed E-state index contributed by atoms with van der Waals surface area (Å²) >= 11 is 0. The number of hydrogen-bond donors (Lipinski definition) is 2. The van der Waals surface area contributed by atoms with Gasteiger partial charge in [0.1, 0.15) is 0 Å². The molecule has 0 radical (unpaired) electrons. The largest absolute Gasteiger partial charge is 0.326 e. The fourth-order valence-electron chi connectivity index (χ4n) is 2.23. The molecule has 1 aliphatic rings. The minimum atomic E-state index is -3.40. The van der Waals surface area contributed by atoms with Crippen LogP contribution in [0.5, 0.6) is 0 Å². The number of aryl methyl sites for hydroxylation is 1. The van der Waals surface area contributed by atoms with Gasteiger partial charge in [-0.05, 0) is 54.9 Å². The highest BCUT2D eigenvalue weighted by molar-refractivity contribution is 7.89. The van der Waals surface area contributed by atoms with Crippen LogP contribution in [0.25, 0.3) is 0 Å². The van der Waals surface area contributed by atoms with Crippen molar-refractivity contribution in [2.75, 3.05) is 6.54 Å². The molecule has 1 aliphatic carbocycles. The number of hydrogen-bond acceptors (Lipinski definition) is 3. The van der Waals surface area contributed by atoms with Gasteiger partial charge in [0.05, 0.1) is 4.90 Å². The molecule has 0 heterocycles. The highest BCUT2D eigenvalue weighted by Crippen LogP contribution is 2.48. The van der Waals surface area contributed by atoms with Crippen molar-refractivity contribution < 1.29 is 8.42 Å². The summed E-state index contributed by atoms with van der Waals surface area (Å²) in [6, 6.07) is 5.11. The molecule has 0 amide bonds. The van der Waals surface area contributed by atoms with Crippen LogP contribution in [0.1, 0.15) is 37.3 Å². The molecule has 4 nitrogen and oxygen atoms in total. The van der Waals surface area contributed by atoms with Gasteiger partial charge in [-0.1, -0.05) is 13.0 Å². The predicted octanol–water partition coefficient (Wildman–Crippen LogP) is 1.92. The fourth-order valence-corrected chi connectivity index (χ4v) is 3.47. The van der Waals surface area contributed by atoms with Gasteiger partial charge in [-0.2, -0.15) is 0 Å². The Morgan fingerprint density at radius 3 is 2.53 bits per heavy atom. The van der Waals surface area contributed by atoms with Crippen LogP contribution in [0.2, 0.25) is 0 Å². The first-order valence-corrected chi connectivity index (χ1v) is 8.20. The zero-order valence-electron chi connectivity index (χ0n) is 11.6. The normalized spacial score (nSPS) is 17.4. The quantitative estimate of drug-likeness (QED) is 0.837. The highest BCUT2D eigenvalue weighted by atomic mass is 32.2. The monoisotopic (exact) mass is 282 g/mol. The van der Waals surface area contributed by atoms with Crippen molar-refractivity contribution in [3.05, 3.63) is 29.3 Å². The zero-order chi connectivity index (χ0) is 14.1. The summed E-state index contributed by atoms with van der Waals surface area (Å²) < 4.78 is 27.2. The number of benzene rings is 1. The second-order valence-corrected chi connectivity index (χ2v) is 7.24. The second-order valence-electron chi connectivity index (χ2n) is 5.47. The Kier molecular flexibility index (Phi) is 3.99. The number of nitrogens with two attached hydrogens (primary N) is 1. The molecule has 0 aliphatic heterocycles. The van der Waals surface area contributed by atoms with Crippen LogP contribution in [0, 0.1) is 12.3 Å². The van der Waals surface area contributed by atoms with Gasteiger partial charge >= 0.3 is 0 Å². The number of sulfonamides is 1. The molecule has 2 rings (SSSR count). The lowest BCUT2D eigenvalue weighted by atomic mass is 10.1. The molecular weight excluding hydrogens is 260 g/mol. The lowest BCUT2D eigenvalue weighted by molar-refractivity contribution is 0.475. The summed E-state index contributed by atoms with van der Waals surface area (Å²) in [6.07, 6.45) is 3.27. The maximum Gasteiger partial charge on any atom is 0.240 e. The van der Waals surface area contributed by atoms with Crippen molar-refractivity contribution in [1.29, 1.82) is 0 Å². The van der Waals surface area contributed by atoms with E-state index < -0.39 is 10.0 Å². The minimum absolute atomic E-state index is 0.208. The molecule has 1 aromatic rings. The van der Waals surface area contributed by atoms with Gasteiger partial charge in [0.15, 0.2) is 0 Å². The predicted molar refractivity (Wildman–Crippen MR) is 76.2 cm³/mol. The van der Waals surface area contributed by atoms with Crippen molar-refractivity contribution in [2.24, 2.45) is 11.1 Å².